The fourth-order valence-corrected chi connectivity index (χ4v) is 4.84. The van der Waals surface area contributed by atoms with Crippen LogP contribution in [0.5, 0.6) is 0 Å². The number of nitrogens with one attached hydrogen (secondary N) is 1. The third-order valence-electron chi connectivity index (χ3n) is 5.23. The van der Waals surface area contributed by atoms with Crippen molar-refractivity contribution in [1.29, 1.82) is 0 Å². The highest BCUT2D eigenvalue weighted by Crippen LogP contribution is 2.25. The lowest BCUT2D eigenvalue weighted by atomic mass is 9.97. The summed E-state index contributed by atoms with van der Waals surface area (Å²) < 4.78 is 27.2. The van der Waals surface area contributed by atoms with Crippen LogP contribution in [0.4, 0.5) is 0 Å². The predicted octanol–water partition coefficient (Wildman–Crippen LogP) is 2.92. The fourth-order valence-electron chi connectivity index (χ4n) is 3.37. The first kappa shape index (κ1) is 20.5. The van der Waals surface area contributed by atoms with E-state index in [1.807, 2.05) is 24.3 Å². The Morgan fingerprint density at radius 1 is 1.11 bits per heavy atom. The minimum atomic E-state index is -3.51. The summed E-state index contributed by atoms with van der Waals surface area (Å²) in [6, 6.07) is 10.8. The number of nitrogens with zero attached hydrogens (tertiary/aromatic N) is 2. The van der Waals surface area contributed by atoms with Crippen LogP contribution in [0.2, 0.25) is 0 Å². The second-order valence-electron chi connectivity index (χ2n) is 7.48. The zero-order valence-electron chi connectivity index (χ0n) is 16.3. The number of carbonyl (C=O) groups is 1. The number of benzene rings is 1. The van der Waals surface area contributed by atoms with Gasteiger partial charge in [-0.15, -0.1) is 0 Å². The molecule has 150 valence electrons. The Morgan fingerprint density at radius 3 is 2.29 bits per heavy atom. The topological polar surface area (TPSA) is 79.4 Å². The Balaban J connectivity index is 1.55. The number of sulfonamides is 1. The summed E-state index contributed by atoms with van der Waals surface area (Å²) in [4.78, 5) is 16.7. The van der Waals surface area contributed by atoms with Crippen molar-refractivity contribution in [2.24, 2.45) is 5.92 Å². The van der Waals surface area contributed by atoms with Crippen LogP contribution in [0.1, 0.15) is 43.7 Å². The second-order valence-corrected chi connectivity index (χ2v) is 9.41. The molecule has 0 saturated carbocycles. The van der Waals surface area contributed by atoms with E-state index < -0.39 is 10.0 Å². The van der Waals surface area contributed by atoms with Gasteiger partial charge in [0.05, 0.1) is 4.90 Å². The van der Waals surface area contributed by atoms with E-state index in [2.05, 4.69) is 24.1 Å². The number of hydrogen-bond acceptors (Lipinski definition) is 4. The summed E-state index contributed by atoms with van der Waals surface area (Å²) in [5.41, 5.74) is 2.11. The molecule has 1 fully saturated rings. The molecule has 1 N–H and O–H groups in total. The van der Waals surface area contributed by atoms with Crippen molar-refractivity contribution in [3.63, 3.8) is 0 Å². The number of aromatic nitrogens is 1. The molecule has 1 amide bonds. The maximum Gasteiger partial charge on any atom is 0.243 e. The molecule has 0 atom stereocenters. The smallest absolute Gasteiger partial charge is 0.243 e. The fraction of sp³-hybridized carbons (Fsp3) is 0.429. The first-order chi connectivity index (χ1) is 13.4. The number of hydrogen-bond donors (Lipinski definition) is 1. The molecule has 0 bridgehead atoms. The zero-order chi connectivity index (χ0) is 20.1. The molecule has 1 aromatic carbocycles. The first-order valence-electron chi connectivity index (χ1n) is 9.64. The van der Waals surface area contributed by atoms with Gasteiger partial charge in [-0.05, 0) is 54.2 Å². The van der Waals surface area contributed by atoms with Crippen LogP contribution in [0.3, 0.4) is 0 Å². The van der Waals surface area contributed by atoms with Crippen molar-refractivity contribution >= 4 is 15.9 Å². The molecule has 0 spiro atoms. The number of piperidine rings is 1. The van der Waals surface area contributed by atoms with Gasteiger partial charge in [0.15, 0.2) is 0 Å². The molecule has 0 radical (unpaired) electrons. The van der Waals surface area contributed by atoms with Gasteiger partial charge in [0.2, 0.25) is 15.9 Å². The second kappa shape index (κ2) is 8.84. The molecule has 1 saturated heterocycles. The summed E-state index contributed by atoms with van der Waals surface area (Å²) in [6.07, 6.45) is 4.45. The van der Waals surface area contributed by atoms with Gasteiger partial charge in [-0.2, -0.15) is 4.31 Å². The Hall–Kier alpha value is -2.25. The van der Waals surface area contributed by atoms with Crippen molar-refractivity contribution in [3.8, 4) is 0 Å². The van der Waals surface area contributed by atoms with Gasteiger partial charge < -0.3 is 5.32 Å². The average molecular weight is 402 g/mol. The quantitative estimate of drug-likeness (QED) is 0.807. The average Bonchev–Trinajstić information content (AvgIpc) is 2.73. The monoisotopic (exact) mass is 401 g/mol. The zero-order valence-corrected chi connectivity index (χ0v) is 17.2. The molecule has 1 aliphatic rings. The molecule has 3 rings (SSSR count). The van der Waals surface area contributed by atoms with Gasteiger partial charge in [0.1, 0.15) is 0 Å². The molecular weight excluding hydrogens is 374 g/mol. The molecule has 1 aromatic heterocycles. The molecule has 28 heavy (non-hydrogen) atoms. The number of amides is 1. The van der Waals surface area contributed by atoms with Crippen LogP contribution in [-0.4, -0.2) is 36.7 Å². The van der Waals surface area contributed by atoms with E-state index in [4.69, 9.17) is 0 Å². The minimum absolute atomic E-state index is 0.0184. The normalized spacial score (nSPS) is 16.2. The van der Waals surface area contributed by atoms with E-state index in [0.29, 0.717) is 43.3 Å². The summed E-state index contributed by atoms with van der Waals surface area (Å²) >= 11 is 0. The van der Waals surface area contributed by atoms with Crippen LogP contribution >= 0.6 is 0 Å². The van der Waals surface area contributed by atoms with E-state index in [1.54, 1.807) is 24.5 Å². The van der Waals surface area contributed by atoms with Gasteiger partial charge in [-0.1, -0.05) is 26.0 Å². The minimum Gasteiger partial charge on any atom is -0.352 e. The molecule has 2 aromatic rings. The van der Waals surface area contributed by atoms with E-state index in [9.17, 15) is 13.2 Å². The van der Waals surface area contributed by atoms with Crippen molar-refractivity contribution in [2.45, 2.75) is 44.0 Å². The van der Waals surface area contributed by atoms with Crippen molar-refractivity contribution in [1.82, 2.24) is 14.6 Å². The van der Waals surface area contributed by atoms with Gasteiger partial charge in [-0.3, -0.25) is 9.78 Å². The molecule has 7 heteroatoms. The molecule has 2 heterocycles. The lowest BCUT2D eigenvalue weighted by Gasteiger charge is -2.30. The van der Waals surface area contributed by atoms with Crippen molar-refractivity contribution in [2.75, 3.05) is 13.1 Å². The predicted molar refractivity (Wildman–Crippen MR) is 108 cm³/mol. The van der Waals surface area contributed by atoms with Crippen LogP contribution in [0, 0.1) is 5.92 Å². The first-order valence-corrected chi connectivity index (χ1v) is 11.1. The van der Waals surface area contributed by atoms with Crippen LogP contribution in [0.15, 0.2) is 53.7 Å². The highest BCUT2D eigenvalue weighted by molar-refractivity contribution is 7.89. The van der Waals surface area contributed by atoms with E-state index in [-0.39, 0.29) is 11.8 Å². The molecule has 0 aliphatic carbocycles. The Morgan fingerprint density at radius 2 is 1.71 bits per heavy atom. The van der Waals surface area contributed by atoms with E-state index in [1.165, 1.54) is 4.31 Å². The number of pyridine rings is 1. The molecular formula is C21H27N3O3S. The standard InChI is InChI=1S/C21H27N3O3S/c1-16(2)18-3-5-20(6-4-18)28(26,27)24-13-9-19(10-14-24)21(25)23-15-17-7-11-22-12-8-17/h3-8,11-12,16,19H,9-10,13-15H2,1-2H3,(H,23,25). The summed E-state index contributed by atoms with van der Waals surface area (Å²) in [5, 5.41) is 2.94. The van der Waals surface area contributed by atoms with Crippen LogP contribution in [-0.2, 0) is 21.4 Å². The largest absolute Gasteiger partial charge is 0.352 e. The van der Waals surface area contributed by atoms with Gasteiger partial charge >= 0.3 is 0 Å². The summed E-state index contributed by atoms with van der Waals surface area (Å²) in [5.74, 6) is 0.185. The lowest BCUT2D eigenvalue weighted by molar-refractivity contribution is -0.126. The van der Waals surface area contributed by atoms with Crippen LogP contribution < -0.4 is 5.32 Å². The third-order valence-corrected chi connectivity index (χ3v) is 7.14. The van der Waals surface area contributed by atoms with Crippen LogP contribution in [0.25, 0.3) is 0 Å². The van der Waals surface area contributed by atoms with Gasteiger partial charge in [-0.25, -0.2) is 8.42 Å². The maximum absolute atomic E-state index is 12.9. The van der Waals surface area contributed by atoms with E-state index >= 15 is 0 Å². The summed E-state index contributed by atoms with van der Waals surface area (Å²) in [6.45, 7) is 5.34. The SMILES string of the molecule is CC(C)c1ccc(S(=O)(=O)N2CCC(C(=O)NCc3ccncc3)CC2)cc1. The Bertz CT molecular complexity index is 888. The highest BCUT2D eigenvalue weighted by atomic mass is 32.2. The van der Waals surface area contributed by atoms with Gasteiger partial charge in [0.25, 0.3) is 0 Å². The molecule has 6 nitrogen and oxygen atoms in total. The Labute approximate surface area is 167 Å². The Kier molecular flexibility index (Phi) is 6.46. The summed E-state index contributed by atoms with van der Waals surface area (Å²) in [7, 11) is -3.51. The lowest BCUT2D eigenvalue weighted by Crippen LogP contribution is -2.42. The maximum atomic E-state index is 12.9. The van der Waals surface area contributed by atoms with Crippen molar-refractivity contribution < 1.29 is 13.2 Å². The number of carbonyl (C=O) groups excluding carboxylic acids is 1. The van der Waals surface area contributed by atoms with Crippen molar-refractivity contribution in [3.05, 3.63) is 59.9 Å². The molecule has 1 aliphatic heterocycles. The number of rotatable bonds is 6. The van der Waals surface area contributed by atoms with E-state index in [0.717, 1.165) is 11.1 Å². The van der Waals surface area contributed by atoms with Gasteiger partial charge in [0, 0.05) is 37.9 Å². The highest BCUT2D eigenvalue weighted by Gasteiger charge is 2.32. The third kappa shape index (κ3) is 4.77. The molecule has 0 unspecified atom stereocenters.